The fourth-order valence-electron chi connectivity index (χ4n) is 3.81. The minimum atomic E-state index is 0.728. The Morgan fingerprint density at radius 3 is 2.65 bits per heavy atom. The monoisotopic (exact) mass is 236 g/mol. The van der Waals surface area contributed by atoms with Gasteiger partial charge < -0.3 is 5.32 Å². The van der Waals surface area contributed by atoms with Crippen LogP contribution in [0.25, 0.3) is 0 Å². The molecule has 2 saturated carbocycles. The minimum absolute atomic E-state index is 0.728. The van der Waals surface area contributed by atoms with Crippen LogP contribution in [-0.2, 0) is 0 Å². The van der Waals surface area contributed by atoms with Crippen LogP contribution in [0.5, 0.6) is 0 Å². The van der Waals surface area contributed by atoms with Gasteiger partial charge in [-0.1, -0.05) is 19.3 Å². The van der Waals surface area contributed by atoms with Crippen LogP contribution in [0, 0.1) is 5.41 Å². The van der Waals surface area contributed by atoms with Crippen molar-refractivity contribution in [3.05, 3.63) is 0 Å². The molecule has 17 heavy (non-hydrogen) atoms. The lowest BCUT2D eigenvalue weighted by molar-refractivity contribution is 0.165. The first-order valence-electron chi connectivity index (χ1n) is 7.75. The number of hydrogen-bond donors (Lipinski definition) is 1. The van der Waals surface area contributed by atoms with Crippen molar-refractivity contribution in [2.24, 2.45) is 5.41 Å². The van der Waals surface area contributed by atoms with E-state index < -0.39 is 0 Å². The normalized spacial score (nSPS) is 30.9. The Morgan fingerprint density at radius 2 is 1.94 bits per heavy atom. The Labute approximate surface area is 106 Å². The summed E-state index contributed by atoms with van der Waals surface area (Å²) in [5.74, 6) is 0. The highest BCUT2D eigenvalue weighted by molar-refractivity contribution is 4.94. The summed E-state index contributed by atoms with van der Waals surface area (Å²) in [6.07, 6.45) is 11.8. The van der Waals surface area contributed by atoms with Gasteiger partial charge in [0.05, 0.1) is 0 Å². The van der Waals surface area contributed by atoms with Gasteiger partial charge in [-0.25, -0.2) is 0 Å². The second-order valence-corrected chi connectivity index (χ2v) is 6.81. The minimum Gasteiger partial charge on any atom is -0.312 e. The SMILES string of the molecule is CC(CNC1CC1)N1CCC2(CCCCC2)C1. The zero-order valence-electron chi connectivity index (χ0n) is 11.4. The second-order valence-electron chi connectivity index (χ2n) is 6.81. The van der Waals surface area contributed by atoms with Gasteiger partial charge in [-0.15, -0.1) is 0 Å². The van der Waals surface area contributed by atoms with Gasteiger partial charge in [0.15, 0.2) is 0 Å². The second kappa shape index (κ2) is 4.89. The first-order valence-corrected chi connectivity index (χ1v) is 7.75. The van der Waals surface area contributed by atoms with Crippen LogP contribution in [0.4, 0.5) is 0 Å². The van der Waals surface area contributed by atoms with E-state index in [0.717, 1.165) is 17.5 Å². The van der Waals surface area contributed by atoms with E-state index in [0.29, 0.717) is 0 Å². The molecule has 2 nitrogen and oxygen atoms in total. The van der Waals surface area contributed by atoms with Crippen LogP contribution in [0.3, 0.4) is 0 Å². The third kappa shape index (κ3) is 2.85. The van der Waals surface area contributed by atoms with Gasteiger partial charge in [0.1, 0.15) is 0 Å². The van der Waals surface area contributed by atoms with Gasteiger partial charge in [-0.3, -0.25) is 4.90 Å². The van der Waals surface area contributed by atoms with Gasteiger partial charge in [-0.2, -0.15) is 0 Å². The Bertz CT molecular complexity index is 254. The highest BCUT2D eigenvalue weighted by Crippen LogP contribution is 2.44. The lowest BCUT2D eigenvalue weighted by Gasteiger charge is -2.34. The maximum absolute atomic E-state index is 3.68. The molecule has 98 valence electrons. The summed E-state index contributed by atoms with van der Waals surface area (Å²) in [4.78, 5) is 2.75. The molecule has 3 fully saturated rings. The van der Waals surface area contributed by atoms with Gasteiger partial charge >= 0.3 is 0 Å². The molecule has 1 N–H and O–H groups in total. The molecule has 0 aromatic rings. The predicted octanol–water partition coefficient (Wildman–Crippen LogP) is 2.78. The number of rotatable bonds is 4. The molecule has 0 bridgehead atoms. The smallest absolute Gasteiger partial charge is 0.0192 e. The molecular formula is C15H28N2. The van der Waals surface area contributed by atoms with Crippen molar-refractivity contribution in [2.75, 3.05) is 19.6 Å². The summed E-state index contributed by atoms with van der Waals surface area (Å²) in [7, 11) is 0. The van der Waals surface area contributed by atoms with Crippen molar-refractivity contribution in [2.45, 2.75) is 70.4 Å². The van der Waals surface area contributed by atoms with Crippen LogP contribution in [0.2, 0.25) is 0 Å². The fraction of sp³-hybridized carbons (Fsp3) is 1.00. The highest BCUT2D eigenvalue weighted by Gasteiger charge is 2.40. The van der Waals surface area contributed by atoms with Crippen LogP contribution >= 0.6 is 0 Å². The van der Waals surface area contributed by atoms with Crippen molar-refractivity contribution in [3.8, 4) is 0 Å². The van der Waals surface area contributed by atoms with E-state index in [1.165, 1.54) is 71.0 Å². The number of nitrogens with zero attached hydrogens (tertiary/aromatic N) is 1. The molecule has 1 atom stereocenters. The largest absolute Gasteiger partial charge is 0.312 e. The third-order valence-electron chi connectivity index (χ3n) is 5.28. The van der Waals surface area contributed by atoms with Crippen molar-refractivity contribution in [1.29, 1.82) is 0 Å². The molecule has 0 radical (unpaired) electrons. The van der Waals surface area contributed by atoms with Crippen LogP contribution in [0.15, 0.2) is 0 Å². The molecule has 1 aliphatic heterocycles. The van der Waals surface area contributed by atoms with E-state index in [9.17, 15) is 0 Å². The summed E-state index contributed by atoms with van der Waals surface area (Å²) in [6, 6.07) is 1.61. The zero-order valence-corrected chi connectivity index (χ0v) is 11.4. The van der Waals surface area contributed by atoms with E-state index in [1.54, 1.807) is 0 Å². The third-order valence-corrected chi connectivity index (χ3v) is 5.28. The molecule has 1 spiro atoms. The quantitative estimate of drug-likeness (QED) is 0.807. The Balaban J connectivity index is 1.48. The molecule has 1 unspecified atom stereocenters. The van der Waals surface area contributed by atoms with Crippen molar-refractivity contribution in [1.82, 2.24) is 10.2 Å². The topological polar surface area (TPSA) is 15.3 Å². The van der Waals surface area contributed by atoms with E-state index in [-0.39, 0.29) is 0 Å². The molecule has 0 aromatic heterocycles. The Morgan fingerprint density at radius 1 is 1.18 bits per heavy atom. The Kier molecular flexibility index (Phi) is 3.45. The molecule has 2 aliphatic carbocycles. The maximum atomic E-state index is 3.68. The molecule has 1 saturated heterocycles. The zero-order chi connectivity index (χ0) is 11.7. The standard InChI is InChI=1S/C15H28N2/c1-13(11-16-14-5-6-14)17-10-9-15(12-17)7-3-2-4-8-15/h13-14,16H,2-12H2,1H3. The molecule has 2 heteroatoms. The summed E-state index contributed by atoms with van der Waals surface area (Å²) in [6.45, 7) is 6.37. The molecular weight excluding hydrogens is 208 g/mol. The van der Waals surface area contributed by atoms with Gasteiger partial charge in [0.25, 0.3) is 0 Å². The van der Waals surface area contributed by atoms with E-state index in [4.69, 9.17) is 0 Å². The van der Waals surface area contributed by atoms with Crippen molar-refractivity contribution in [3.63, 3.8) is 0 Å². The van der Waals surface area contributed by atoms with Crippen LogP contribution < -0.4 is 5.32 Å². The summed E-state index contributed by atoms with van der Waals surface area (Å²) >= 11 is 0. The van der Waals surface area contributed by atoms with E-state index >= 15 is 0 Å². The van der Waals surface area contributed by atoms with Gasteiger partial charge in [0, 0.05) is 25.2 Å². The van der Waals surface area contributed by atoms with Gasteiger partial charge in [0.2, 0.25) is 0 Å². The highest BCUT2D eigenvalue weighted by atomic mass is 15.2. The average Bonchev–Trinajstić information content (AvgIpc) is 3.10. The van der Waals surface area contributed by atoms with Crippen molar-refractivity contribution >= 4 is 0 Å². The molecule has 3 rings (SSSR count). The summed E-state index contributed by atoms with van der Waals surface area (Å²) in [5, 5.41) is 3.68. The Hall–Kier alpha value is -0.0800. The van der Waals surface area contributed by atoms with E-state index in [1.807, 2.05) is 0 Å². The molecule has 0 aromatic carbocycles. The average molecular weight is 236 g/mol. The number of hydrogen-bond acceptors (Lipinski definition) is 2. The van der Waals surface area contributed by atoms with Crippen molar-refractivity contribution < 1.29 is 0 Å². The van der Waals surface area contributed by atoms with E-state index in [2.05, 4.69) is 17.1 Å². The fourth-order valence-corrected chi connectivity index (χ4v) is 3.81. The van der Waals surface area contributed by atoms with Crippen LogP contribution in [0.1, 0.15) is 58.3 Å². The lowest BCUT2D eigenvalue weighted by atomic mass is 9.73. The summed E-state index contributed by atoms with van der Waals surface area (Å²) in [5.41, 5.74) is 0.728. The lowest BCUT2D eigenvalue weighted by Crippen LogP contribution is -2.41. The van der Waals surface area contributed by atoms with Crippen LogP contribution in [-0.4, -0.2) is 36.6 Å². The molecule has 3 aliphatic rings. The summed E-state index contributed by atoms with van der Waals surface area (Å²) < 4.78 is 0. The number of likely N-dealkylation sites (tertiary alicyclic amines) is 1. The first kappa shape index (κ1) is 12.0. The molecule has 1 heterocycles. The van der Waals surface area contributed by atoms with Gasteiger partial charge in [-0.05, 0) is 51.0 Å². The predicted molar refractivity (Wildman–Crippen MR) is 72.2 cm³/mol. The molecule has 0 amide bonds. The number of nitrogens with one attached hydrogen (secondary N) is 1. The maximum Gasteiger partial charge on any atom is 0.0192 e. The first-order chi connectivity index (χ1) is 8.27.